The van der Waals surface area contributed by atoms with Crippen molar-refractivity contribution in [3.63, 3.8) is 0 Å². The molecule has 0 saturated heterocycles. The molecule has 2 aromatic carbocycles. The number of aryl methyl sites for hydroxylation is 2. The Hall–Kier alpha value is -3.34. The lowest BCUT2D eigenvalue weighted by molar-refractivity contribution is -0.121. The number of fused-ring (bicyclic) bond motifs is 2. The smallest absolute Gasteiger partial charge is 0.251 e. The second-order valence-corrected chi connectivity index (χ2v) is 7.12. The molecule has 0 saturated carbocycles. The number of carbonyl (C=O) groups is 1. The summed E-state index contributed by atoms with van der Waals surface area (Å²) in [5.41, 5.74) is 4.72. The van der Waals surface area contributed by atoms with Crippen LogP contribution >= 0.6 is 0 Å². The number of aromatic amines is 2. The lowest BCUT2D eigenvalue weighted by atomic mass is 10.1. The fraction of sp³-hybridized carbons (Fsp3) is 0.217. The summed E-state index contributed by atoms with van der Waals surface area (Å²) in [5, 5.41) is 5.14. The molecule has 0 radical (unpaired) electrons. The van der Waals surface area contributed by atoms with Crippen LogP contribution in [0.5, 0.6) is 0 Å². The standard InChI is InChI=1S/C23H23N3O2/c1-15-5-4-6-16-13-17(23(28)26-22(15)16)9-10-21(27)24-12-11-18-14-25-20-8-3-2-7-19(18)20/h2-8,13-14,25H,9-12H2,1H3,(H,24,27)(H,26,28). The number of hydrogen-bond donors (Lipinski definition) is 3. The lowest BCUT2D eigenvalue weighted by Crippen LogP contribution is -2.26. The Balaban J connectivity index is 1.34. The Morgan fingerprint density at radius 2 is 1.89 bits per heavy atom. The van der Waals surface area contributed by atoms with E-state index in [2.05, 4.69) is 21.4 Å². The van der Waals surface area contributed by atoms with Gasteiger partial charge in [-0.1, -0.05) is 36.4 Å². The number of amides is 1. The first kappa shape index (κ1) is 18.0. The van der Waals surface area contributed by atoms with Crippen LogP contribution in [-0.2, 0) is 17.6 Å². The summed E-state index contributed by atoms with van der Waals surface area (Å²) in [7, 11) is 0. The molecule has 4 rings (SSSR count). The van der Waals surface area contributed by atoms with E-state index in [1.807, 2.05) is 55.6 Å². The first-order chi connectivity index (χ1) is 13.6. The van der Waals surface area contributed by atoms with Crippen molar-refractivity contribution in [3.8, 4) is 0 Å². The molecule has 1 amide bonds. The largest absolute Gasteiger partial charge is 0.361 e. The fourth-order valence-corrected chi connectivity index (χ4v) is 3.63. The van der Waals surface area contributed by atoms with Gasteiger partial charge in [0.2, 0.25) is 5.91 Å². The van der Waals surface area contributed by atoms with Crippen LogP contribution in [0.1, 0.15) is 23.1 Å². The minimum absolute atomic E-state index is 0.0384. The van der Waals surface area contributed by atoms with Gasteiger partial charge in [0.1, 0.15) is 0 Å². The summed E-state index contributed by atoms with van der Waals surface area (Å²) >= 11 is 0. The van der Waals surface area contributed by atoms with Crippen LogP contribution in [0, 0.1) is 6.92 Å². The van der Waals surface area contributed by atoms with Crippen molar-refractivity contribution in [2.24, 2.45) is 0 Å². The maximum Gasteiger partial charge on any atom is 0.251 e. The average Bonchev–Trinajstić information content (AvgIpc) is 3.10. The maximum absolute atomic E-state index is 12.3. The van der Waals surface area contributed by atoms with Gasteiger partial charge in [0.15, 0.2) is 0 Å². The lowest BCUT2D eigenvalue weighted by Gasteiger charge is -2.07. The Labute approximate surface area is 162 Å². The average molecular weight is 373 g/mol. The molecule has 142 valence electrons. The molecule has 5 nitrogen and oxygen atoms in total. The van der Waals surface area contributed by atoms with Crippen molar-refractivity contribution >= 4 is 27.7 Å². The van der Waals surface area contributed by atoms with Gasteiger partial charge in [0, 0.05) is 35.6 Å². The van der Waals surface area contributed by atoms with Gasteiger partial charge in [-0.3, -0.25) is 9.59 Å². The number of H-pyrrole nitrogens is 2. The minimum Gasteiger partial charge on any atom is -0.361 e. The van der Waals surface area contributed by atoms with Crippen molar-refractivity contribution in [1.82, 2.24) is 15.3 Å². The second kappa shape index (κ2) is 7.72. The molecule has 0 spiro atoms. The molecule has 0 atom stereocenters. The highest BCUT2D eigenvalue weighted by molar-refractivity contribution is 5.83. The Bertz CT molecular complexity index is 1200. The molecular weight excluding hydrogens is 350 g/mol. The zero-order chi connectivity index (χ0) is 19.5. The van der Waals surface area contributed by atoms with Gasteiger partial charge in [0.25, 0.3) is 5.56 Å². The molecule has 0 fully saturated rings. The molecule has 3 N–H and O–H groups in total. The molecule has 28 heavy (non-hydrogen) atoms. The van der Waals surface area contributed by atoms with Gasteiger partial charge in [-0.25, -0.2) is 0 Å². The number of rotatable bonds is 6. The minimum atomic E-state index is -0.117. The predicted octanol–water partition coefficient (Wildman–Crippen LogP) is 3.61. The number of para-hydroxylation sites is 2. The van der Waals surface area contributed by atoms with Gasteiger partial charge < -0.3 is 15.3 Å². The number of hydrogen-bond acceptors (Lipinski definition) is 2. The first-order valence-corrected chi connectivity index (χ1v) is 9.55. The summed E-state index contributed by atoms with van der Waals surface area (Å²) in [6, 6.07) is 15.9. The Kier molecular flexibility index (Phi) is 4.98. The van der Waals surface area contributed by atoms with Crippen molar-refractivity contribution in [2.75, 3.05) is 6.54 Å². The third-order valence-corrected chi connectivity index (χ3v) is 5.18. The van der Waals surface area contributed by atoms with Crippen molar-refractivity contribution < 1.29 is 4.79 Å². The summed E-state index contributed by atoms with van der Waals surface area (Å²) < 4.78 is 0. The summed E-state index contributed by atoms with van der Waals surface area (Å²) in [6.45, 7) is 2.55. The highest BCUT2D eigenvalue weighted by Gasteiger charge is 2.08. The van der Waals surface area contributed by atoms with Crippen LogP contribution in [0.15, 0.2) is 59.5 Å². The van der Waals surface area contributed by atoms with E-state index in [0.717, 1.165) is 28.4 Å². The molecule has 4 aromatic rings. The topological polar surface area (TPSA) is 77.8 Å². The highest BCUT2D eigenvalue weighted by atomic mass is 16.1. The van der Waals surface area contributed by atoms with Crippen LogP contribution < -0.4 is 10.9 Å². The number of benzene rings is 2. The van der Waals surface area contributed by atoms with Crippen molar-refractivity contribution in [3.05, 3.63) is 81.8 Å². The predicted molar refractivity (Wildman–Crippen MR) is 113 cm³/mol. The van der Waals surface area contributed by atoms with E-state index in [4.69, 9.17) is 0 Å². The highest BCUT2D eigenvalue weighted by Crippen LogP contribution is 2.18. The Morgan fingerprint density at radius 1 is 1.04 bits per heavy atom. The van der Waals surface area contributed by atoms with Gasteiger partial charge >= 0.3 is 0 Å². The maximum atomic E-state index is 12.3. The molecule has 5 heteroatoms. The molecule has 2 aromatic heterocycles. The van der Waals surface area contributed by atoms with E-state index in [9.17, 15) is 9.59 Å². The van der Waals surface area contributed by atoms with Crippen LogP contribution in [0.25, 0.3) is 21.8 Å². The number of carbonyl (C=O) groups excluding carboxylic acids is 1. The molecule has 0 aliphatic heterocycles. The first-order valence-electron chi connectivity index (χ1n) is 9.55. The van der Waals surface area contributed by atoms with Crippen molar-refractivity contribution in [2.45, 2.75) is 26.2 Å². The zero-order valence-electron chi connectivity index (χ0n) is 15.8. The van der Waals surface area contributed by atoms with Gasteiger partial charge in [0.05, 0.1) is 5.52 Å². The third-order valence-electron chi connectivity index (χ3n) is 5.18. The van der Waals surface area contributed by atoms with E-state index in [1.165, 1.54) is 10.9 Å². The monoisotopic (exact) mass is 373 g/mol. The quantitative estimate of drug-likeness (QED) is 0.483. The van der Waals surface area contributed by atoms with E-state index >= 15 is 0 Å². The Morgan fingerprint density at radius 3 is 2.79 bits per heavy atom. The summed E-state index contributed by atoms with van der Waals surface area (Å²) in [5.74, 6) is -0.0384. The molecule has 0 aliphatic rings. The van der Waals surface area contributed by atoms with Gasteiger partial charge in [-0.15, -0.1) is 0 Å². The van der Waals surface area contributed by atoms with Crippen LogP contribution in [0.2, 0.25) is 0 Å². The van der Waals surface area contributed by atoms with Crippen LogP contribution in [-0.4, -0.2) is 22.4 Å². The van der Waals surface area contributed by atoms with E-state index < -0.39 is 0 Å². The third kappa shape index (κ3) is 3.69. The molecule has 2 heterocycles. The number of nitrogens with one attached hydrogen (secondary N) is 3. The molecule has 0 bridgehead atoms. The van der Waals surface area contributed by atoms with Crippen LogP contribution in [0.4, 0.5) is 0 Å². The number of aromatic nitrogens is 2. The van der Waals surface area contributed by atoms with Crippen molar-refractivity contribution in [1.29, 1.82) is 0 Å². The molecule has 0 aliphatic carbocycles. The van der Waals surface area contributed by atoms with E-state index in [-0.39, 0.29) is 11.5 Å². The summed E-state index contributed by atoms with van der Waals surface area (Å²) in [6.07, 6.45) is 3.49. The van der Waals surface area contributed by atoms with Gasteiger partial charge in [-0.05, 0) is 48.4 Å². The number of pyridine rings is 1. The van der Waals surface area contributed by atoms with E-state index in [1.54, 1.807) is 0 Å². The fourth-order valence-electron chi connectivity index (χ4n) is 3.63. The molecule has 0 unspecified atom stereocenters. The summed E-state index contributed by atoms with van der Waals surface area (Å²) in [4.78, 5) is 30.7. The van der Waals surface area contributed by atoms with Gasteiger partial charge in [-0.2, -0.15) is 0 Å². The van der Waals surface area contributed by atoms with E-state index in [0.29, 0.717) is 24.9 Å². The van der Waals surface area contributed by atoms with Crippen LogP contribution in [0.3, 0.4) is 0 Å². The second-order valence-electron chi connectivity index (χ2n) is 7.12. The molecular formula is C23H23N3O2. The SMILES string of the molecule is Cc1cccc2cc(CCC(=O)NCCc3c[nH]c4ccccc34)c(=O)[nH]c12. The zero-order valence-corrected chi connectivity index (χ0v) is 15.8. The normalized spacial score (nSPS) is 11.2.